The van der Waals surface area contributed by atoms with Crippen LogP contribution in [0.1, 0.15) is 34.9 Å². The van der Waals surface area contributed by atoms with Gasteiger partial charge in [0.25, 0.3) is 11.8 Å². The van der Waals surface area contributed by atoms with E-state index in [9.17, 15) is 4.79 Å². The predicted octanol–water partition coefficient (Wildman–Crippen LogP) is 2.33. The highest BCUT2D eigenvalue weighted by Crippen LogP contribution is 2.35. The number of carbonyl (C=O) groups is 1. The van der Waals surface area contributed by atoms with E-state index in [0.29, 0.717) is 24.2 Å². The summed E-state index contributed by atoms with van der Waals surface area (Å²) in [6, 6.07) is 3.50. The first kappa shape index (κ1) is 17.2. The predicted molar refractivity (Wildman–Crippen MR) is 92.2 cm³/mol. The summed E-state index contributed by atoms with van der Waals surface area (Å²) in [5.41, 5.74) is -0.375. The van der Waals surface area contributed by atoms with Gasteiger partial charge in [0.1, 0.15) is 5.69 Å². The van der Waals surface area contributed by atoms with Gasteiger partial charge in [0.05, 0.1) is 18.4 Å². The van der Waals surface area contributed by atoms with Crippen molar-refractivity contribution in [3.63, 3.8) is 0 Å². The Labute approximate surface area is 154 Å². The van der Waals surface area contributed by atoms with Crippen LogP contribution in [0.2, 0.25) is 0 Å². The SMILES string of the molecule is Cc1cnc(C(=O)N2CCCC(F)(c3nc(-c4cccnc4)no3)C2)cn1. The van der Waals surface area contributed by atoms with Crippen LogP contribution in [0.5, 0.6) is 0 Å². The molecule has 27 heavy (non-hydrogen) atoms. The molecule has 9 heteroatoms. The molecule has 0 radical (unpaired) electrons. The van der Waals surface area contributed by atoms with Gasteiger partial charge in [-0.2, -0.15) is 4.98 Å². The summed E-state index contributed by atoms with van der Waals surface area (Å²) in [5.74, 6) is -0.229. The molecule has 1 unspecified atom stereocenters. The lowest BCUT2D eigenvalue weighted by Crippen LogP contribution is -2.46. The van der Waals surface area contributed by atoms with E-state index in [-0.39, 0.29) is 36.3 Å². The third-order valence-electron chi connectivity index (χ3n) is 4.46. The first-order valence-electron chi connectivity index (χ1n) is 8.57. The standard InChI is InChI=1S/C18H17FN6O2/c1-12-8-22-14(10-21-12)16(26)25-7-3-5-18(19,11-25)17-23-15(24-27-17)13-4-2-6-20-9-13/h2,4,6,8-10H,3,5,7,11H2,1H3. The van der Waals surface area contributed by atoms with Gasteiger partial charge in [-0.05, 0) is 31.9 Å². The van der Waals surface area contributed by atoms with E-state index < -0.39 is 5.67 Å². The molecule has 1 fully saturated rings. The fraction of sp³-hybridized carbons (Fsp3) is 0.333. The van der Waals surface area contributed by atoms with Gasteiger partial charge in [-0.1, -0.05) is 5.16 Å². The number of piperidine rings is 1. The van der Waals surface area contributed by atoms with Gasteiger partial charge in [0.2, 0.25) is 11.5 Å². The highest BCUT2D eigenvalue weighted by atomic mass is 19.1. The van der Waals surface area contributed by atoms with Crippen molar-refractivity contribution in [3.8, 4) is 11.4 Å². The van der Waals surface area contributed by atoms with Gasteiger partial charge >= 0.3 is 0 Å². The van der Waals surface area contributed by atoms with E-state index in [1.807, 2.05) is 0 Å². The van der Waals surface area contributed by atoms with Crippen LogP contribution in [-0.4, -0.2) is 49.0 Å². The summed E-state index contributed by atoms with van der Waals surface area (Å²) >= 11 is 0. The molecule has 138 valence electrons. The maximum absolute atomic E-state index is 15.6. The van der Waals surface area contributed by atoms with Gasteiger partial charge in [-0.25, -0.2) is 9.37 Å². The monoisotopic (exact) mass is 368 g/mol. The average Bonchev–Trinajstić information content (AvgIpc) is 3.20. The number of hydrogen-bond acceptors (Lipinski definition) is 7. The molecule has 1 amide bonds. The Morgan fingerprint density at radius 2 is 2.19 bits per heavy atom. The molecule has 0 spiro atoms. The van der Waals surface area contributed by atoms with Crippen molar-refractivity contribution in [2.24, 2.45) is 0 Å². The van der Waals surface area contributed by atoms with Crippen molar-refractivity contribution in [1.29, 1.82) is 0 Å². The van der Waals surface area contributed by atoms with Crippen molar-refractivity contribution in [3.05, 3.63) is 54.2 Å². The molecule has 0 aliphatic carbocycles. The maximum atomic E-state index is 15.6. The van der Waals surface area contributed by atoms with E-state index in [1.54, 1.807) is 31.5 Å². The van der Waals surface area contributed by atoms with Crippen LogP contribution < -0.4 is 0 Å². The minimum atomic E-state index is -1.90. The van der Waals surface area contributed by atoms with Crippen LogP contribution in [0, 0.1) is 6.92 Å². The van der Waals surface area contributed by atoms with Crippen molar-refractivity contribution >= 4 is 5.91 Å². The lowest BCUT2D eigenvalue weighted by molar-refractivity contribution is 0.0149. The summed E-state index contributed by atoms with van der Waals surface area (Å²) < 4.78 is 20.8. The molecule has 1 aliphatic rings. The zero-order chi connectivity index (χ0) is 18.9. The minimum Gasteiger partial charge on any atom is -0.335 e. The molecule has 1 saturated heterocycles. The molecule has 4 heterocycles. The molecular weight excluding hydrogens is 351 g/mol. The quantitative estimate of drug-likeness (QED) is 0.700. The number of carbonyl (C=O) groups excluding carboxylic acids is 1. The van der Waals surface area contributed by atoms with Crippen LogP contribution in [0.4, 0.5) is 4.39 Å². The number of hydrogen-bond donors (Lipinski definition) is 0. The van der Waals surface area contributed by atoms with Gasteiger partial charge in [-0.3, -0.25) is 14.8 Å². The molecule has 0 saturated carbocycles. The Kier molecular flexibility index (Phi) is 4.35. The Morgan fingerprint density at radius 1 is 1.30 bits per heavy atom. The van der Waals surface area contributed by atoms with Gasteiger partial charge in [0.15, 0.2) is 0 Å². The lowest BCUT2D eigenvalue weighted by atomic mass is 9.94. The molecule has 8 nitrogen and oxygen atoms in total. The van der Waals surface area contributed by atoms with E-state index >= 15 is 4.39 Å². The number of aryl methyl sites for hydroxylation is 1. The van der Waals surface area contributed by atoms with Crippen LogP contribution >= 0.6 is 0 Å². The smallest absolute Gasteiger partial charge is 0.274 e. The van der Waals surface area contributed by atoms with E-state index in [1.165, 1.54) is 17.3 Å². The number of aromatic nitrogens is 5. The van der Waals surface area contributed by atoms with Crippen molar-refractivity contribution in [2.45, 2.75) is 25.4 Å². The number of amides is 1. The third-order valence-corrected chi connectivity index (χ3v) is 4.46. The Bertz CT molecular complexity index is 946. The summed E-state index contributed by atoms with van der Waals surface area (Å²) in [4.78, 5) is 30.4. The maximum Gasteiger partial charge on any atom is 0.274 e. The molecular formula is C18H17FN6O2. The van der Waals surface area contributed by atoms with Crippen molar-refractivity contribution in [2.75, 3.05) is 13.1 Å². The molecule has 1 atom stereocenters. The molecule has 1 aliphatic heterocycles. The van der Waals surface area contributed by atoms with Crippen LogP contribution in [-0.2, 0) is 5.67 Å². The minimum absolute atomic E-state index is 0.131. The lowest BCUT2D eigenvalue weighted by Gasteiger charge is -2.34. The highest BCUT2D eigenvalue weighted by molar-refractivity contribution is 5.92. The first-order chi connectivity index (χ1) is 13.0. The van der Waals surface area contributed by atoms with Crippen molar-refractivity contribution in [1.82, 2.24) is 30.0 Å². The number of nitrogens with zero attached hydrogens (tertiary/aromatic N) is 6. The topological polar surface area (TPSA) is 97.9 Å². The fourth-order valence-electron chi connectivity index (χ4n) is 3.04. The summed E-state index contributed by atoms with van der Waals surface area (Å²) in [5, 5.41) is 3.85. The number of rotatable bonds is 3. The molecule has 4 rings (SSSR count). The Hall–Kier alpha value is -3.23. The van der Waals surface area contributed by atoms with E-state index in [2.05, 4.69) is 25.1 Å². The molecule has 3 aromatic heterocycles. The van der Waals surface area contributed by atoms with E-state index in [0.717, 1.165) is 0 Å². The number of pyridine rings is 1. The molecule has 3 aromatic rings. The first-order valence-corrected chi connectivity index (χ1v) is 8.57. The molecule has 0 N–H and O–H groups in total. The third kappa shape index (κ3) is 3.40. The van der Waals surface area contributed by atoms with Crippen LogP contribution in [0.15, 0.2) is 41.4 Å². The van der Waals surface area contributed by atoms with Gasteiger partial charge in [0, 0.05) is 30.7 Å². The van der Waals surface area contributed by atoms with Crippen molar-refractivity contribution < 1.29 is 13.7 Å². The van der Waals surface area contributed by atoms with Crippen LogP contribution in [0.25, 0.3) is 11.4 Å². The van der Waals surface area contributed by atoms with Gasteiger partial charge < -0.3 is 9.42 Å². The van der Waals surface area contributed by atoms with Crippen LogP contribution in [0.3, 0.4) is 0 Å². The van der Waals surface area contributed by atoms with Gasteiger partial charge in [-0.15, -0.1) is 0 Å². The zero-order valence-corrected chi connectivity index (χ0v) is 14.7. The normalized spacial score (nSPS) is 19.9. The second-order valence-corrected chi connectivity index (χ2v) is 6.50. The summed E-state index contributed by atoms with van der Waals surface area (Å²) in [6.45, 7) is 2.05. The number of likely N-dealkylation sites (tertiary alicyclic amines) is 1. The highest BCUT2D eigenvalue weighted by Gasteiger charge is 2.44. The fourth-order valence-corrected chi connectivity index (χ4v) is 3.04. The molecule has 0 bridgehead atoms. The Morgan fingerprint density at radius 3 is 2.93 bits per heavy atom. The second-order valence-electron chi connectivity index (χ2n) is 6.50. The number of alkyl halides is 1. The average molecular weight is 368 g/mol. The molecule has 0 aromatic carbocycles. The Balaban J connectivity index is 1.55. The largest absolute Gasteiger partial charge is 0.335 e. The number of halogens is 1. The second kappa shape index (κ2) is 6.82. The van der Waals surface area contributed by atoms with E-state index in [4.69, 9.17) is 4.52 Å². The summed E-state index contributed by atoms with van der Waals surface area (Å²) in [6.07, 6.45) is 6.79. The zero-order valence-electron chi connectivity index (χ0n) is 14.7. The summed E-state index contributed by atoms with van der Waals surface area (Å²) in [7, 11) is 0.